The van der Waals surface area contributed by atoms with E-state index in [4.69, 9.17) is 4.74 Å². The molecule has 6 nitrogen and oxygen atoms in total. The minimum absolute atomic E-state index is 0.0965. The molecule has 0 spiro atoms. The zero-order valence-corrected chi connectivity index (χ0v) is 15.0. The minimum atomic E-state index is -0.499. The van der Waals surface area contributed by atoms with Gasteiger partial charge in [0.05, 0.1) is 12.4 Å². The lowest BCUT2D eigenvalue weighted by Crippen LogP contribution is -2.37. The zero-order chi connectivity index (χ0) is 17.6. The largest absolute Gasteiger partial charge is 0.488 e. The summed E-state index contributed by atoms with van der Waals surface area (Å²) in [6, 6.07) is 11.1. The zero-order valence-electron chi connectivity index (χ0n) is 14.2. The standard InChI is InChI=1S/C18H20N4O2S/c1-12(2)21-22-16(17-18(23)20-11-19-17)13-5-7-14(8-6-13)24-10-15-4-3-9-25-15/h3-9,17,19H,10-11H2,1-2H3,(H,20,23). The van der Waals surface area contributed by atoms with Crippen molar-refractivity contribution in [2.75, 3.05) is 6.67 Å². The molecule has 1 unspecified atom stereocenters. The number of hydrogen-bond donors (Lipinski definition) is 2. The molecule has 1 atom stereocenters. The second-order valence-electron chi connectivity index (χ2n) is 5.78. The fraction of sp³-hybridized carbons (Fsp3) is 0.278. The smallest absolute Gasteiger partial charge is 0.244 e. The molecular weight excluding hydrogens is 336 g/mol. The molecule has 0 saturated carbocycles. The lowest BCUT2D eigenvalue weighted by Gasteiger charge is -2.12. The first-order valence-electron chi connectivity index (χ1n) is 7.99. The van der Waals surface area contributed by atoms with Gasteiger partial charge in [0.1, 0.15) is 18.4 Å². The fourth-order valence-electron chi connectivity index (χ4n) is 2.36. The Morgan fingerprint density at radius 2 is 2.04 bits per heavy atom. The fourth-order valence-corrected chi connectivity index (χ4v) is 2.98. The Balaban J connectivity index is 1.77. The highest BCUT2D eigenvalue weighted by Gasteiger charge is 2.29. The molecule has 1 saturated heterocycles. The number of carbonyl (C=O) groups excluding carboxylic acids is 1. The van der Waals surface area contributed by atoms with Crippen LogP contribution in [0, 0.1) is 0 Å². The van der Waals surface area contributed by atoms with Crippen LogP contribution in [-0.4, -0.2) is 30.0 Å². The Hall–Kier alpha value is -2.51. The van der Waals surface area contributed by atoms with E-state index in [1.54, 1.807) is 11.3 Å². The molecule has 0 bridgehead atoms. The van der Waals surface area contributed by atoms with Crippen LogP contribution in [0.3, 0.4) is 0 Å². The topological polar surface area (TPSA) is 75.1 Å². The highest BCUT2D eigenvalue weighted by atomic mass is 32.1. The van der Waals surface area contributed by atoms with Crippen molar-refractivity contribution < 1.29 is 9.53 Å². The van der Waals surface area contributed by atoms with E-state index < -0.39 is 6.04 Å². The molecule has 1 amide bonds. The third kappa shape index (κ3) is 4.52. The summed E-state index contributed by atoms with van der Waals surface area (Å²) in [6.07, 6.45) is 0. The van der Waals surface area contributed by atoms with Gasteiger partial charge in [-0.05, 0) is 49.6 Å². The number of ether oxygens (including phenoxy) is 1. The molecule has 1 aliphatic heterocycles. The summed E-state index contributed by atoms with van der Waals surface area (Å²) >= 11 is 1.66. The average molecular weight is 356 g/mol. The van der Waals surface area contributed by atoms with Crippen LogP contribution in [0.4, 0.5) is 0 Å². The number of benzene rings is 1. The van der Waals surface area contributed by atoms with Crippen LogP contribution in [0.2, 0.25) is 0 Å². The first-order chi connectivity index (χ1) is 12.1. The Kier molecular flexibility index (Phi) is 5.57. The molecule has 1 aromatic heterocycles. The quantitative estimate of drug-likeness (QED) is 0.617. The third-order valence-corrected chi connectivity index (χ3v) is 4.42. The van der Waals surface area contributed by atoms with Gasteiger partial charge in [0.15, 0.2) is 0 Å². The van der Waals surface area contributed by atoms with E-state index in [0.29, 0.717) is 19.0 Å². The summed E-state index contributed by atoms with van der Waals surface area (Å²) in [4.78, 5) is 13.2. The van der Waals surface area contributed by atoms with E-state index in [1.165, 1.54) is 4.88 Å². The van der Waals surface area contributed by atoms with E-state index >= 15 is 0 Å². The normalized spacial score (nSPS) is 17.3. The predicted molar refractivity (Wildman–Crippen MR) is 100 cm³/mol. The Morgan fingerprint density at radius 1 is 1.24 bits per heavy atom. The Labute approximate surface area is 150 Å². The molecule has 1 aliphatic rings. The molecule has 2 N–H and O–H groups in total. The van der Waals surface area contributed by atoms with Gasteiger partial charge in [0, 0.05) is 16.2 Å². The van der Waals surface area contributed by atoms with Gasteiger partial charge in [-0.2, -0.15) is 10.2 Å². The molecule has 2 heterocycles. The van der Waals surface area contributed by atoms with Crippen LogP contribution in [0.5, 0.6) is 5.75 Å². The summed E-state index contributed by atoms with van der Waals surface area (Å²) < 4.78 is 5.78. The van der Waals surface area contributed by atoms with Crippen LogP contribution < -0.4 is 15.4 Å². The molecule has 130 valence electrons. The summed E-state index contributed by atoms with van der Waals surface area (Å²) in [5, 5.41) is 16.3. The van der Waals surface area contributed by atoms with Crippen molar-refractivity contribution in [3.8, 4) is 5.75 Å². The molecule has 2 aromatic rings. The summed E-state index contributed by atoms with van der Waals surface area (Å²) in [6.45, 7) is 4.71. The van der Waals surface area contributed by atoms with E-state index in [1.807, 2.05) is 55.6 Å². The van der Waals surface area contributed by atoms with Gasteiger partial charge < -0.3 is 10.1 Å². The predicted octanol–water partition coefficient (Wildman–Crippen LogP) is 2.56. The van der Waals surface area contributed by atoms with Crippen LogP contribution in [-0.2, 0) is 11.4 Å². The number of hydrogen-bond acceptors (Lipinski definition) is 6. The maximum Gasteiger partial charge on any atom is 0.244 e. The van der Waals surface area contributed by atoms with Gasteiger partial charge in [-0.25, -0.2) is 0 Å². The maximum atomic E-state index is 12.0. The molecular formula is C18H20N4O2S. The van der Waals surface area contributed by atoms with Gasteiger partial charge in [0.2, 0.25) is 5.91 Å². The molecule has 3 rings (SSSR count). The van der Waals surface area contributed by atoms with Crippen molar-refractivity contribution >= 4 is 28.7 Å². The van der Waals surface area contributed by atoms with Crippen LogP contribution >= 0.6 is 11.3 Å². The van der Waals surface area contributed by atoms with E-state index in [-0.39, 0.29) is 5.91 Å². The third-order valence-electron chi connectivity index (χ3n) is 3.57. The van der Waals surface area contributed by atoms with E-state index in [0.717, 1.165) is 17.0 Å². The van der Waals surface area contributed by atoms with Crippen molar-refractivity contribution in [2.24, 2.45) is 10.2 Å². The van der Waals surface area contributed by atoms with Gasteiger partial charge in [0.25, 0.3) is 0 Å². The summed E-state index contributed by atoms with van der Waals surface area (Å²) in [7, 11) is 0. The number of thiophene rings is 1. The average Bonchev–Trinajstić information content (AvgIpc) is 3.26. The van der Waals surface area contributed by atoms with Crippen LogP contribution in [0.25, 0.3) is 0 Å². The molecule has 1 fully saturated rings. The molecule has 25 heavy (non-hydrogen) atoms. The second-order valence-corrected chi connectivity index (χ2v) is 6.81. The maximum absolute atomic E-state index is 12.0. The Bertz CT molecular complexity index is 778. The monoisotopic (exact) mass is 356 g/mol. The van der Waals surface area contributed by atoms with Crippen molar-refractivity contribution in [3.05, 3.63) is 52.2 Å². The number of carbonyl (C=O) groups is 1. The van der Waals surface area contributed by atoms with E-state index in [2.05, 4.69) is 20.8 Å². The molecule has 1 aromatic carbocycles. The Morgan fingerprint density at radius 3 is 2.64 bits per heavy atom. The summed E-state index contributed by atoms with van der Waals surface area (Å²) in [5.41, 5.74) is 2.26. The van der Waals surface area contributed by atoms with Gasteiger partial charge in [-0.15, -0.1) is 11.3 Å². The van der Waals surface area contributed by atoms with Crippen molar-refractivity contribution in [2.45, 2.75) is 26.5 Å². The lowest BCUT2D eigenvalue weighted by atomic mass is 10.0. The number of nitrogens with one attached hydrogen (secondary N) is 2. The highest BCUT2D eigenvalue weighted by molar-refractivity contribution is 7.09. The van der Waals surface area contributed by atoms with Crippen LogP contribution in [0.1, 0.15) is 24.3 Å². The minimum Gasteiger partial charge on any atom is -0.488 e. The lowest BCUT2D eigenvalue weighted by molar-refractivity contribution is -0.119. The molecule has 7 heteroatoms. The molecule has 0 radical (unpaired) electrons. The molecule has 0 aliphatic carbocycles. The van der Waals surface area contributed by atoms with Gasteiger partial charge in [-0.1, -0.05) is 6.07 Å². The van der Waals surface area contributed by atoms with Crippen molar-refractivity contribution in [1.82, 2.24) is 10.6 Å². The van der Waals surface area contributed by atoms with Gasteiger partial charge in [-0.3, -0.25) is 10.1 Å². The number of rotatable bonds is 6. The first kappa shape index (κ1) is 17.3. The van der Waals surface area contributed by atoms with Crippen molar-refractivity contribution in [1.29, 1.82) is 0 Å². The van der Waals surface area contributed by atoms with E-state index in [9.17, 15) is 4.79 Å². The number of amides is 1. The second kappa shape index (κ2) is 8.04. The summed E-state index contributed by atoms with van der Waals surface area (Å²) in [5.74, 6) is 0.677. The SMILES string of the molecule is CC(C)=NN=C(c1ccc(OCc2cccs2)cc1)C1NCNC1=O. The number of nitrogens with zero attached hydrogens (tertiary/aromatic N) is 2. The van der Waals surface area contributed by atoms with Crippen LogP contribution in [0.15, 0.2) is 52.0 Å². The first-order valence-corrected chi connectivity index (χ1v) is 8.87. The van der Waals surface area contributed by atoms with Gasteiger partial charge >= 0.3 is 0 Å². The highest BCUT2D eigenvalue weighted by Crippen LogP contribution is 2.18. The van der Waals surface area contributed by atoms with Crippen molar-refractivity contribution in [3.63, 3.8) is 0 Å².